The monoisotopic (exact) mass is 382 g/mol. The van der Waals surface area contributed by atoms with Crippen LogP contribution in [0.25, 0.3) is 12.2 Å². The molecule has 0 aromatic heterocycles. The molecule has 0 nitrogen and oxygen atoms in total. The molecule has 0 amide bonds. The third-order valence-corrected chi connectivity index (χ3v) is 3.08. The zero-order valence-electron chi connectivity index (χ0n) is 20.5. The van der Waals surface area contributed by atoms with E-state index >= 15 is 0 Å². The molecular weight excluding hydrogens is 336 g/mol. The van der Waals surface area contributed by atoms with E-state index < -0.39 is 0 Å². The second-order valence-corrected chi connectivity index (χ2v) is 5.97. The van der Waals surface area contributed by atoms with E-state index in [-0.39, 0.29) is 0 Å². The molecule has 0 aliphatic rings. The molecular formula is C28H46. The number of benzene rings is 1. The Labute approximate surface area is 177 Å². The smallest absolute Gasteiger partial charge is 0.0201 e. The highest BCUT2D eigenvalue weighted by Crippen LogP contribution is 2.08. The SMILES string of the molecule is C=C/C(C)=C/C(=C)C(=C)C.C=CC.C=c1ccc(C)cc1=C(C)C.CC.CC. The Morgan fingerprint density at radius 2 is 1.32 bits per heavy atom. The molecule has 0 fully saturated rings. The molecule has 1 rings (SSSR count). The predicted octanol–water partition coefficient (Wildman–Crippen LogP) is 8.09. The van der Waals surface area contributed by atoms with Gasteiger partial charge in [0.25, 0.3) is 0 Å². The first-order chi connectivity index (χ1) is 13.1. The fraction of sp³-hybridized carbons (Fsp3) is 0.357. The number of hydrogen-bond acceptors (Lipinski definition) is 0. The lowest BCUT2D eigenvalue weighted by Gasteiger charge is -1.97. The summed E-state index contributed by atoms with van der Waals surface area (Å²) in [5, 5.41) is 2.40. The van der Waals surface area contributed by atoms with Crippen LogP contribution in [-0.2, 0) is 0 Å². The maximum absolute atomic E-state index is 3.96. The molecule has 0 heterocycles. The third kappa shape index (κ3) is 20.0. The van der Waals surface area contributed by atoms with Crippen molar-refractivity contribution in [3.05, 3.63) is 95.5 Å². The van der Waals surface area contributed by atoms with Crippen molar-refractivity contribution in [1.82, 2.24) is 0 Å². The van der Waals surface area contributed by atoms with Crippen molar-refractivity contribution in [3.63, 3.8) is 0 Å². The number of aryl methyl sites for hydroxylation is 1. The van der Waals surface area contributed by atoms with Gasteiger partial charge in [-0.05, 0) is 57.6 Å². The van der Waals surface area contributed by atoms with Crippen LogP contribution in [0, 0.1) is 6.92 Å². The largest absolute Gasteiger partial charge is 0.103 e. The molecule has 0 bridgehead atoms. The van der Waals surface area contributed by atoms with Gasteiger partial charge in [-0.3, -0.25) is 0 Å². The molecule has 158 valence electrons. The zero-order chi connectivity index (χ0) is 23.3. The predicted molar refractivity (Wildman–Crippen MR) is 137 cm³/mol. The summed E-state index contributed by atoms with van der Waals surface area (Å²) in [6, 6.07) is 6.34. The lowest BCUT2D eigenvalue weighted by atomic mass is 10.1. The van der Waals surface area contributed by atoms with Crippen LogP contribution in [-0.4, -0.2) is 0 Å². The van der Waals surface area contributed by atoms with Crippen molar-refractivity contribution in [2.24, 2.45) is 0 Å². The Morgan fingerprint density at radius 3 is 1.61 bits per heavy atom. The number of hydrogen-bond donors (Lipinski definition) is 0. The molecule has 0 aliphatic heterocycles. The Balaban J connectivity index is -0.000000156. The van der Waals surface area contributed by atoms with Gasteiger partial charge >= 0.3 is 0 Å². The zero-order valence-corrected chi connectivity index (χ0v) is 20.5. The Bertz CT molecular complexity index is 705. The summed E-state index contributed by atoms with van der Waals surface area (Å²) in [6.45, 7) is 38.7. The molecule has 1 aromatic carbocycles. The molecule has 0 atom stereocenters. The number of rotatable bonds is 3. The molecule has 0 heteroatoms. The van der Waals surface area contributed by atoms with E-state index in [4.69, 9.17) is 0 Å². The third-order valence-electron chi connectivity index (χ3n) is 3.08. The van der Waals surface area contributed by atoms with Crippen molar-refractivity contribution < 1.29 is 0 Å². The van der Waals surface area contributed by atoms with Gasteiger partial charge in [-0.15, -0.1) is 6.58 Å². The van der Waals surface area contributed by atoms with E-state index in [1.54, 1.807) is 12.2 Å². The molecule has 0 radical (unpaired) electrons. The van der Waals surface area contributed by atoms with Gasteiger partial charge in [-0.1, -0.05) is 113 Å². The average molecular weight is 383 g/mol. The van der Waals surface area contributed by atoms with Crippen LogP contribution in [0.1, 0.15) is 67.9 Å². The average Bonchev–Trinajstić information content (AvgIpc) is 2.67. The second-order valence-electron chi connectivity index (χ2n) is 5.97. The van der Waals surface area contributed by atoms with Crippen LogP contribution in [0.4, 0.5) is 0 Å². The molecule has 0 N–H and O–H groups in total. The van der Waals surface area contributed by atoms with Crippen molar-refractivity contribution in [3.8, 4) is 0 Å². The molecule has 0 aliphatic carbocycles. The van der Waals surface area contributed by atoms with Crippen LogP contribution in [0.5, 0.6) is 0 Å². The van der Waals surface area contributed by atoms with E-state index in [2.05, 4.69) is 71.9 Å². The second kappa shape index (κ2) is 22.7. The highest BCUT2D eigenvalue weighted by Gasteiger charge is 1.88. The summed E-state index contributed by atoms with van der Waals surface area (Å²) in [5.74, 6) is 0. The lowest BCUT2D eigenvalue weighted by Crippen LogP contribution is -2.24. The summed E-state index contributed by atoms with van der Waals surface area (Å²) >= 11 is 0. The first-order valence-electron chi connectivity index (χ1n) is 10.1. The summed E-state index contributed by atoms with van der Waals surface area (Å²) in [7, 11) is 0. The van der Waals surface area contributed by atoms with Crippen LogP contribution >= 0.6 is 0 Å². The highest BCUT2D eigenvalue weighted by atomic mass is 13.9. The number of allylic oxidation sites excluding steroid dienone is 6. The Kier molecular flexibility index (Phi) is 27.0. The fourth-order valence-electron chi connectivity index (χ4n) is 1.61. The van der Waals surface area contributed by atoms with E-state index in [0.717, 1.165) is 21.9 Å². The Morgan fingerprint density at radius 1 is 0.893 bits per heavy atom. The normalized spacial score (nSPS) is 8.57. The molecule has 0 unspecified atom stereocenters. The van der Waals surface area contributed by atoms with Crippen molar-refractivity contribution in [2.75, 3.05) is 0 Å². The van der Waals surface area contributed by atoms with Gasteiger partial charge in [0.15, 0.2) is 0 Å². The van der Waals surface area contributed by atoms with Crippen molar-refractivity contribution >= 4 is 12.2 Å². The minimum atomic E-state index is 0.970. The lowest BCUT2D eigenvalue weighted by molar-refractivity contribution is 1.37. The Hall–Kier alpha value is -2.34. The van der Waals surface area contributed by atoms with E-state index in [1.165, 1.54) is 16.4 Å². The van der Waals surface area contributed by atoms with Gasteiger partial charge in [0.05, 0.1) is 0 Å². The maximum Gasteiger partial charge on any atom is -0.0201 e. The minimum Gasteiger partial charge on any atom is -0.103 e. The molecule has 0 saturated heterocycles. The van der Waals surface area contributed by atoms with Crippen LogP contribution in [0.3, 0.4) is 0 Å². The molecule has 1 aromatic rings. The first kappa shape index (κ1) is 33.3. The topological polar surface area (TPSA) is 0 Å². The molecule has 0 spiro atoms. The maximum atomic E-state index is 3.96. The standard InChI is InChI=1S/C11H14.C10H14.C3H6.2C2H6/c1-8(2)11-7-9(3)5-6-10(11)4;1-6-9(4)7-10(5)8(2)3;1-3-2;2*1-2/h5-7H,4H2,1-3H3;6-7H,1-2,5H2,3-4H3;3H,1H2,2H3;2*1-2H3/b;9-7+;;;. The van der Waals surface area contributed by atoms with E-state index in [0.29, 0.717) is 0 Å². The van der Waals surface area contributed by atoms with Gasteiger partial charge in [-0.25, -0.2) is 0 Å². The van der Waals surface area contributed by atoms with Crippen molar-refractivity contribution in [1.29, 1.82) is 0 Å². The van der Waals surface area contributed by atoms with Crippen LogP contribution < -0.4 is 10.4 Å². The first-order valence-corrected chi connectivity index (χ1v) is 10.1. The molecule has 0 saturated carbocycles. The van der Waals surface area contributed by atoms with Gasteiger partial charge in [0.2, 0.25) is 0 Å². The minimum absolute atomic E-state index is 0.970. The van der Waals surface area contributed by atoms with Gasteiger partial charge < -0.3 is 0 Å². The summed E-state index contributed by atoms with van der Waals surface area (Å²) in [5.41, 5.74) is 5.72. The van der Waals surface area contributed by atoms with Crippen molar-refractivity contribution in [2.45, 2.75) is 69.2 Å². The summed E-state index contributed by atoms with van der Waals surface area (Å²) in [6.07, 6.45) is 5.52. The van der Waals surface area contributed by atoms with E-state index in [9.17, 15) is 0 Å². The van der Waals surface area contributed by atoms with Crippen LogP contribution in [0.2, 0.25) is 0 Å². The van der Waals surface area contributed by atoms with Crippen LogP contribution in [0.15, 0.2) is 79.5 Å². The van der Waals surface area contributed by atoms with E-state index in [1.807, 2.05) is 54.5 Å². The quantitative estimate of drug-likeness (QED) is 0.366. The summed E-state index contributed by atoms with van der Waals surface area (Å²) < 4.78 is 0. The van der Waals surface area contributed by atoms with Gasteiger partial charge in [0.1, 0.15) is 0 Å². The highest BCUT2D eigenvalue weighted by molar-refractivity contribution is 5.40. The fourth-order valence-corrected chi connectivity index (χ4v) is 1.61. The van der Waals surface area contributed by atoms with Gasteiger partial charge in [0, 0.05) is 0 Å². The molecule has 28 heavy (non-hydrogen) atoms. The summed E-state index contributed by atoms with van der Waals surface area (Å²) in [4.78, 5) is 0. The van der Waals surface area contributed by atoms with Gasteiger partial charge in [-0.2, -0.15) is 0 Å².